The number of nitrogens with zero attached hydrogens (tertiary/aromatic N) is 2. The summed E-state index contributed by atoms with van der Waals surface area (Å²) in [6.07, 6.45) is 3.45. The van der Waals surface area contributed by atoms with Crippen LogP contribution in [-0.2, 0) is 6.42 Å². The molecule has 0 fully saturated rings. The number of fused-ring (bicyclic) bond motifs is 1. The number of nitrogen functional groups attached to an aromatic ring is 1. The second-order valence-corrected chi connectivity index (χ2v) is 5.31. The molecule has 0 aliphatic heterocycles. The van der Waals surface area contributed by atoms with Gasteiger partial charge in [0.15, 0.2) is 0 Å². The number of aromatic nitrogens is 2. The van der Waals surface area contributed by atoms with E-state index < -0.39 is 0 Å². The summed E-state index contributed by atoms with van der Waals surface area (Å²) < 4.78 is 0. The molecule has 1 aliphatic carbocycles. The number of nitrogens with two attached hydrogens (primary N) is 1. The van der Waals surface area contributed by atoms with E-state index in [2.05, 4.69) is 44.9 Å². The SMILES string of the molecule is CCNc1cc(NC2CCCc3ccccc32)nc(N)n1. The van der Waals surface area contributed by atoms with Gasteiger partial charge in [0.2, 0.25) is 5.95 Å². The molecule has 0 radical (unpaired) electrons. The lowest BCUT2D eigenvalue weighted by molar-refractivity contribution is 0.598. The zero-order valence-corrected chi connectivity index (χ0v) is 12.3. The number of anilines is 3. The molecule has 0 bridgehead atoms. The average Bonchev–Trinajstić information content (AvgIpc) is 2.47. The van der Waals surface area contributed by atoms with Crippen molar-refractivity contribution in [2.24, 2.45) is 0 Å². The Morgan fingerprint density at radius 3 is 2.90 bits per heavy atom. The van der Waals surface area contributed by atoms with Crippen LogP contribution in [0.5, 0.6) is 0 Å². The quantitative estimate of drug-likeness (QED) is 0.804. The van der Waals surface area contributed by atoms with Gasteiger partial charge in [0.05, 0.1) is 6.04 Å². The Morgan fingerprint density at radius 2 is 2.05 bits per heavy atom. The lowest BCUT2D eigenvalue weighted by Gasteiger charge is -2.27. The highest BCUT2D eigenvalue weighted by Gasteiger charge is 2.20. The van der Waals surface area contributed by atoms with Crippen LogP contribution in [-0.4, -0.2) is 16.5 Å². The third-order valence-corrected chi connectivity index (χ3v) is 3.79. The van der Waals surface area contributed by atoms with Crippen LogP contribution in [0, 0.1) is 0 Å². The zero-order valence-electron chi connectivity index (χ0n) is 12.3. The molecule has 5 heteroatoms. The molecule has 1 atom stereocenters. The van der Waals surface area contributed by atoms with Crippen LogP contribution < -0.4 is 16.4 Å². The minimum absolute atomic E-state index is 0.290. The Kier molecular flexibility index (Phi) is 3.90. The van der Waals surface area contributed by atoms with Crippen molar-refractivity contribution in [2.45, 2.75) is 32.2 Å². The van der Waals surface area contributed by atoms with Crippen LogP contribution in [0.3, 0.4) is 0 Å². The van der Waals surface area contributed by atoms with Crippen LogP contribution in [0.2, 0.25) is 0 Å². The zero-order chi connectivity index (χ0) is 14.7. The molecule has 1 aromatic carbocycles. The highest BCUT2D eigenvalue weighted by atomic mass is 15.1. The molecule has 1 heterocycles. The topological polar surface area (TPSA) is 75.9 Å². The maximum absolute atomic E-state index is 5.79. The first-order valence-corrected chi connectivity index (χ1v) is 7.49. The predicted molar refractivity (Wildman–Crippen MR) is 86.4 cm³/mol. The van der Waals surface area contributed by atoms with Crippen molar-refractivity contribution in [3.63, 3.8) is 0 Å². The highest BCUT2D eigenvalue weighted by Crippen LogP contribution is 2.32. The molecule has 0 amide bonds. The van der Waals surface area contributed by atoms with Crippen LogP contribution in [0.4, 0.5) is 17.6 Å². The molecule has 1 aromatic heterocycles. The lowest BCUT2D eigenvalue weighted by atomic mass is 9.88. The number of nitrogens with one attached hydrogen (secondary N) is 2. The molecule has 0 saturated carbocycles. The monoisotopic (exact) mass is 283 g/mol. The van der Waals surface area contributed by atoms with Crippen LogP contribution in [0.15, 0.2) is 30.3 Å². The van der Waals surface area contributed by atoms with E-state index in [9.17, 15) is 0 Å². The molecule has 5 nitrogen and oxygen atoms in total. The van der Waals surface area contributed by atoms with Gasteiger partial charge in [-0.25, -0.2) is 0 Å². The highest BCUT2D eigenvalue weighted by molar-refractivity contribution is 5.52. The summed E-state index contributed by atoms with van der Waals surface area (Å²) in [5, 5.41) is 6.68. The van der Waals surface area contributed by atoms with Gasteiger partial charge < -0.3 is 16.4 Å². The number of rotatable bonds is 4. The smallest absolute Gasteiger partial charge is 0.223 e. The maximum Gasteiger partial charge on any atom is 0.223 e. The van der Waals surface area contributed by atoms with E-state index in [0.29, 0.717) is 12.0 Å². The molecule has 4 N–H and O–H groups in total. The Morgan fingerprint density at radius 1 is 1.24 bits per heavy atom. The molecule has 21 heavy (non-hydrogen) atoms. The summed E-state index contributed by atoms with van der Waals surface area (Å²) in [6, 6.07) is 10.8. The summed E-state index contributed by atoms with van der Waals surface area (Å²) in [6.45, 7) is 2.84. The van der Waals surface area contributed by atoms with Crippen molar-refractivity contribution in [1.29, 1.82) is 0 Å². The summed E-state index contributed by atoms with van der Waals surface area (Å²) in [4.78, 5) is 8.48. The molecule has 0 saturated heterocycles. The van der Waals surface area contributed by atoms with E-state index in [4.69, 9.17) is 5.73 Å². The van der Waals surface area contributed by atoms with E-state index >= 15 is 0 Å². The van der Waals surface area contributed by atoms with Gasteiger partial charge in [-0.15, -0.1) is 0 Å². The van der Waals surface area contributed by atoms with Crippen LogP contribution in [0.1, 0.15) is 36.9 Å². The largest absolute Gasteiger partial charge is 0.370 e. The van der Waals surface area contributed by atoms with Crippen LogP contribution in [0.25, 0.3) is 0 Å². The molecule has 3 rings (SSSR count). The maximum atomic E-state index is 5.79. The van der Waals surface area contributed by atoms with Crippen molar-refractivity contribution in [2.75, 3.05) is 22.9 Å². The number of benzene rings is 1. The van der Waals surface area contributed by atoms with Crippen molar-refractivity contribution in [1.82, 2.24) is 9.97 Å². The number of hydrogen-bond acceptors (Lipinski definition) is 5. The lowest BCUT2D eigenvalue weighted by Crippen LogP contribution is -2.18. The van der Waals surface area contributed by atoms with E-state index in [1.54, 1.807) is 0 Å². The van der Waals surface area contributed by atoms with E-state index in [1.165, 1.54) is 17.5 Å². The first-order valence-electron chi connectivity index (χ1n) is 7.49. The summed E-state index contributed by atoms with van der Waals surface area (Å²) >= 11 is 0. The van der Waals surface area contributed by atoms with Gasteiger partial charge in [-0.3, -0.25) is 0 Å². The Labute approximate surface area is 125 Å². The van der Waals surface area contributed by atoms with Gasteiger partial charge in [0, 0.05) is 12.6 Å². The van der Waals surface area contributed by atoms with E-state index in [1.807, 2.05) is 13.0 Å². The summed E-state index contributed by atoms with van der Waals surface area (Å²) in [5.41, 5.74) is 8.58. The van der Waals surface area contributed by atoms with E-state index in [0.717, 1.165) is 31.0 Å². The first-order chi connectivity index (χ1) is 10.3. The molecule has 1 aliphatic rings. The molecular formula is C16H21N5. The van der Waals surface area contributed by atoms with Crippen molar-refractivity contribution < 1.29 is 0 Å². The second-order valence-electron chi connectivity index (χ2n) is 5.31. The Bertz CT molecular complexity index is 626. The average molecular weight is 283 g/mol. The minimum atomic E-state index is 0.290. The fourth-order valence-electron chi connectivity index (χ4n) is 2.89. The van der Waals surface area contributed by atoms with Gasteiger partial charge >= 0.3 is 0 Å². The van der Waals surface area contributed by atoms with Gasteiger partial charge in [-0.2, -0.15) is 9.97 Å². The number of hydrogen-bond donors (Lipinski definition) is 3. The van der Waals surface area contributed by atoms with Gasteiger partial charge in [0.25, 0.3) is 0 Å². The van der Waals surface area contributed by atoms with Crippen molar-refractivity contribution in [3.8, 4) is 0 Å². The van der Waals surface area contributed by atoms with Crippen molar-refractivity contribution >= 4 is 17.6 Å². The predicted octanol–water partition coefficient (Wildman–Crippen LogP) is 2.98. The molecule has 1 unspecified atom stereocenters. The standard InChI is InChI=1S/C16H21N5/c1-2-18-14-10-15(21-16(17)20-14)19-13-9-5-7-11-6-3-4-8-12(11)13/h3-4,6,8,10,13H,2,5,7,9H2,1H3,(H4,17,18,19,20,21). The van der Waals surface area contributed by atoms with Crippen molar-refractivity contribution in [3.05, 3.63) is 41.5 Å². The number of aryl methyl sites for hydroxylation is 1. The third-order valence-electron chi connectivity index (χ3n) is 3.79. The fraction of sp³-hybridized carbons (Fsp3) is 0.375. The van der Waals surface area contributed by atoms with Crippen LogP contribution >= 0.6 is 0 Å². The second kappa shape index (κ2) is 5.99. The Hall–Kier alpha value is -2.30. The fourth-order valence-corrected chi connectivity index (χ4v) is 2.89. The first kappa shape index (κ1) is 13.7. The molecule has 2 aromatic rings. The molecular weight excluding hydrogens is 262 g/mol. The molecule has 110 valence electrons. The van der Waals surface area contributed by atoms with Gasteiger partial charge in [0.1, 0.15) is 11.6 Å². The van der Waals surface area contributed by atoms with Gasteiger partial charge in [-0.1, -0.05) is 24.3 Å². The van der Waals surface area contributed by atoms with Gasteiger partial charge in [-0.05, 0) is 37.3 Å². The Balaban J connectivity index is 1.84. The molecule has 0 spiro atoms. The normalized spacial score (nSPS) is 17.1. The summed E-state index contributed by atoms with van der Waals surface area (Å²) in [7, 11) is 0. The van der Waals surface area contributed by atoms with E-state index in [-0.39, 0.29) is 0 Å². The summed E-state index contributed by atoms with van der Waals surface area (Å²) in [5.74, 6) is 1.83. The minimum Gasteiger partial charge on any atom is -0.370 e. The third kappa shape index (κ3) is 3.07.